The van der Waals surface area contributed by atoms with Crippen LogP contribution < -0.4 is 20.3 Å². The number of benzene rings is 6. The molecule has 2 aliphatic rings. The quantitative estimate of drug-likeness (QED) is 0.0629. The smallest absolute Gasteiger partial charge is 0.143 e. The van der Waals surface area contributed by atoms with Crippen molar-refractivity contribution < 1.29 is 4.74 Å². The van der Waals surface area contributed by atoms with Gasteiger partial charge in [-0.1, -0.05) is 182 Å². The maximum atomic E-state index is 7.02. The number of hydrogen-bond acceptors (Lipinski definition) is 4. The number of rotatable bonds is 19. The van der Waals surface area contributed by atoms with Crippen LogP contribution >= 0.6 is 0 Å². The van der Waals surface area contributed by atoms with E-state index in [1.165, 1.54) is 81.8 Å². The number of nitrogens with one attached hydrogen (secondary N) is 2. The SMILES string of the molecule is C=C(C=CC1=C(Oc2ccccc2)C(=CC=C2N(CCCCCNC)c3ccc4ccccc4c3C2(C)C)c2ccccc21)C(C)(C)c1c(NCCCCCC)ccc2ccccc12. The summed E-state index contributed by atoms with van der Waals surface area (Å²) in [6, 6.07) is 45.7. The minimum atomic E-state index is -0.380. The van der Waals surface area contributed by atoms with Crippen LogP contribution in [-0.4, -0.2) is 26.7 Å². The molecule has 64 heavy (non-hydrogen) atoms. The second kappa shape index (κ2) is 19.7. The fraction of sp³-hybridized carbons (Fsp3) is 0.300. The summed E-state index contributed by atoms with van der Waals surface area (Å²) in [4.78, 5) is 2.59. The number of ether oxygens (including phenoxy) is 1. The molecule has 0 saturated carbocycles. The first kappa shape index (κ1) is 44.5. The number of hydrogen-bond donors (Lipinski definition) is 2. The molecule has 0 radical (unpaired) electrons. The Morgan fingerprint density at radius 2 is 1.36 bits per heavy atom. The predicted octanol–water partition coefficient (Wildman–Crippen LogP) is 15.3. The van der Waals surface area contributed by atoms with Gasteiger partial charge in [-0.25, -0.2) is 0 Å². The van der Waals surface area contributed by atoms with Crippen molar-refractivity contribution in [2.24, 2.45) is 0 Å². The number of unbranched alkanes of at least 4 members (excludes halogenated alkanes) is 5. The molecule has 0 amide bonds. The van der Waals surface area contributed by atoms with Gasteiger partial charge in [-0.3, -0.25) is 0 Å². The maximum absolute atomic E-state index is 7.02. The van der Waals surface area contributed by atoms with Crippen molar-refractivity contribution in [3.8, 4) is 5.75 Å². The third-order valence-electron chi connectivity index (χ3n) is 13.6. The van der Waals surface area contributed by atoms with E-state index in [1.807, 2.05) is 37.4 Å². The summed E-state index contributed by atoms with van der Waals surface area (Å²) < 4.78 is 7.02. The van der Waals surface area contributed by atoms with Gasteiger partial charge in [0.1, 0.15) is 11.5 Å². The van der Waals surface area contributed by atoms with Crippen molar-refractivity contribution in [2.45, 2.75) is 90.4 Å². The van der Waals surface area contributed by atoms with E-state index in [4.69, 9.17) is 11.3 Å². The summed E-state index contributed by atoms with van der Waals surface area (Å²) in [6.07, 6.45) is 17.5. The van der Waals surface area contributed by atoms with E-state index in [9.17, 15) is 0 Å². The fourth-order valence-corrected chi connectivity index (χ4v) is 10.00. The number of para-hydroxylation sites is 1. The molecular formula is C60H67N3O. The molecule has 0 aromatic heterocycles. The van der Waals surface area contributed by atoms with E-state index in [0.29, 0.717) is 0 Å². The molecule has 0 bridgehead atoms. The number of anilines is 2. The standard InChI is InChI=1S/C60H67N3O/c1-8-9-10-22-41-62-53-37-33-44-24-15-17-28-47(44)56(53)59(3,4)43(2)32-35-51-49-30-19-20-31-50(49)52(58(51)64-46-26-13-11-14-27-46)36-39-55-60(5,6)57-48-29-18-16-25-45(48)34-38-54(57)63(55)42-23-12-21-40-61-7/h11,13-20,24-39,61-62H,2,8-10,12,21-23,40-42H2,1,3-7H3. The topological polar surface area (TPSA) is 36.5 Å². The molecule has 2 N–H and O–H groups in total. The minimum absolute atomic E-state index is 0.225. The third kappa shape index (κ3) is 8.99. The van der Waals surface area contributed by atoms with Crippen LogP contribution in [0.3, 0.4) is 0 Å². The highest BCUT2D eigenvalue weighted by atomic mass is 16.5. The highest BCUT2D eigenvalue weighted by molar-refractivity contribution is 6.03. The largest absolute Gasteiger partial charge is 0.456 e. The lowest BCUT2D eigenvalue weighted by Crippen LogP contribution is -2.27. The van der Waals surface area contributed by atoms with E-state index in [0.717, 1.165) is 71.8 Å². The highest BCUT2D eigenvalue weighted by Gasteiger charge is 2.41. The van der Waals surface area contributed by atoms with Gasteiger partial charge in [0.25, 0.3) is 0 Å². The Hall–Kier alpha value is -6.10. The summed E-state index contributed by atoms with van der Waals surface area (Å²) in [5.74, 6) is 1.66. The predicted molar refractivity (Wildman–Crippen MR) is 276 cm³/mol. The van der Waals surface area contributed by atoms with Crippen molar-refractivity contribution in [3.05, 3.63) is 198 Å². The zero-order valence-corrected chi connectivity index (χ0v) is 39.1. The number of fused-ring (bicyclic) bond motifs is 5. The van der Waals surface area contributed by atoms with Gasteiger partial charge in [-0.05, 0) is 119 Å². The van der Waals surface area contributed by atoms with Crippen LogP contribution in [0.4, 0.5) is 11.4 Å². The first-order valence-electron chi connectivity index (χ1n) is 23.7. The van der Waals surface area contributed by atoms with Gasteiger partial charge >= 0.3 is 0 Å². The van der Waals surface area contributed by atoms with Crippen molar-refractivity contribution in [2.75, 3.05) is 36.9 Å². The summed E-state index contributed by atoms with van der Waals surface area (Å²) in [6.45, 7) is 19.5. The van der Waals surface area contributed by atoms with Crippen LogP contribution in [0.5, 0.6) is 5.75 Å². The van der Waals surface area contributed by atoms with Gasteiger partial charge in [0.15, 0.2) is 0 Å². The molecule has 8 rings (SSSR count). The summed E-state index contributed by atoms with van der Waals surface area (Å²) in [7, 11) is 2.04. The van der Waals surface area contributed by atoms with Crippen molar-refractivity contribution in [1.29, 1.82) is 0 Å². The average molecular weight is 846 g/mol. The zero-order chi connectivity index (χ0) is 44.7. The Kier molecular flexibility index (Phi) is 13.7. The molecule has 6 aromatic carbocycles. The summed E-state index contributed by atoms with van der Waals surface area (Å²) >= 11 is 0. The molecule has 0 fully saturated rings. The lowest BCUT2D eigenvalue weighted by Gasteiger charge is -2.31. The van der Waals surface area contributed by atoms with Gasteiger partial charge in [-0.2, -0.15) is 0 Å². The molecule has 4 heteroatoms. The Labute approximate surface area is 383 Å². The van der Waals surface area contributed by atoms with Crippen LogP contribution in [0.1, 0.15) is 102 Å². The van der Waals surface area contributed by atoms with Crippen LogP contribution in [0.15, 0.2) is 175 Å². The van der Waals surface area contributed by atoms with E-state index in [1.54, 1.807) is 0 Å². The number of allylic oxidation sites excluding steroid dienone is 8. The van der Waals surface area contributed by atoms with Crippen molar-refractivity contribution >= 4 is 44.1 Å². The van der Waals surface area contributed by atoms with E-state index < -0.39 is 0 Å². The minimum Gasteiger partial charge on any atom is -0.456 e. The lowest BCUT2D eigenvalue weighted by atomic mass is 9.75. The first-order chi connectivity index (χ1) is 31.1. The molecule has 4 nitrogen and oxygen atoms in total. The van der Waals surface area contributed by atoms with Gasteiger partial charge in [0.05, 0.1) is 0 Å². The molecule has 1 aliphatic carbocycles. The van der Waals surface area contributed by atoms with E-state index in [2.05, 4.69) is 172 Å². The van der Waals surface area contributed by atoms with Crippen LogP contribution in [0.25, 0.3) is 32.7 Å². The molecule has 0 atom stereocenters. The Balaban J connectivity index is 1.21. The molecule has 0 saturated heterocycles. The molecule has 328 valence electrons. The monoisotopic (exact) mass is 846 g/mol. The fourth-order valence-electron chi connectivity index (χ4n) is 10.00. The zero-order valence-electron chi connectivity index (χ0n) is 39.1. The molecule has 0 unspecified atom stereocenters. The molecule has 1 aliphatic heterocycles. The lowest BCUT2D eigenvalue weighted by molar-refractivity contribution is 0.454. The Morgan fingerprint density at radius 3 is 2.12 bits per heavy atom. The number of nitrogens with zero attached hydrogens (tertiary/aromatic N) is 1. The molecule has 1 heterocycles. The summed E-state index contributed by atoms with van der Waals surface area (Å²) in [5, 5.41) is 12.3. The summed E-state index contributed by atoms with van der Waals surface area (Å²) in [5.41, 5.74) is 11.4. The Morgan fingerprint density at radius 1 is 0.703 bits per heavy atom. The second-order valence-corrected chi connectivity index (χ2v) is 18.6. The molecule has 0 spiro atoms. The van der Waals surface area contributed by atoms with Crippen LogP contribution in [-0.2, 0) is 10.8 Å². The van der Waals surface area contributed by atoms with E-state index >= 15 is 0 Å². The second-order valence-electron chi connectivity index (χ2n) is 18.6. The maximum Gasteiger partial charge on any atom is 0.143 e. The van der Waals surface area contributed by atoms with Crippen molar-refractivity contribution in [1.82, 2.24) is 5.32 Å². The first-order valence-corrected chi connectivity index (χ1v) is 23.7. The van der Waals surface area contributed by atoms with Crippen LogP contribution in [0.2, 0.25) is 0 Å². The van der Waals surface area contributed by atoms with Crippen molar-refractivity contribution in [3.63, 3.8) is 0 Å². The van der Waals surface area contributed by atoms with Crippen LogP contribution in [0, 0.1) is 0 Å². The van der Waals surface area contributed by atoms with Gasteiger partial charge in [0.2, 0.25) is 0 Å². The molecular weight excluding hydrogens is 779 g/mol. The van der Waals surface area contributed by atoms with Gasteiger partial charge < -0.3 is 20.3 Å². The van der Waals surface area contributed by atoms with Gasteiger partial charge in [0, 0.05) is 52.1 Å². The average Bonchev–Trinajstić information content (AvgIpc) is 3.72. The molecule has 6 aromatic rings. The highest BCUT2D eigenvalue weighted by Crippen LogP contribution is 2.52. The van der Waals surface area contributed by atoms with Gasteiger partial charge in [-0.15, -0.1) is 0 Å². The Bertz CT molecular complexity index is 2750. The van der Waals surface area contributed by atoms with E-state index in [-0.39, 0.29) is 10.8 Å². The third-order valence-corrected chi connectivity index (χ3v) is 13.6. The normalized spacial score (nSPS) is 15.8.